The minimum atomic E-state index is -0.775. The number of urea groups is 1. The van der Waals surface area contributed by atoms with Crippen LogP contribution in [0, 0.1) is 11.8 Å². The molecule has 2 aliphatic rings. The molecule has 1 saturated carbocycles. The van der Waals surface area contributed by atoms with E-state index in [1.54, 1.807) is 0 Å². The highest BCUT2D eigenvalue weighted by Crippen LogP contribution is 2.29. The van der Waals surface area contributed by atoms with E-state index < -0.39 is 5.97 Å². The molecule has 7 heteroatoms. The molecule has 0 aromatic rings. The summed E-state index contributed by atoms with van der Waals surface area (Å²) >= 11 is 0. The zero-order valence-electron chi connectivity index (χ0n) is 12.1. The molecule has 0 aromatic heterocycles. The monoisotopic (exact) mass is 297 g/mol. The molecule has 1 aliphatic heterocycles. The first-order chi connectivity index (χ1) is 10.1. The fourth-order valence-electron chi connectivity index (χ4n) is 3.09. The van der Waals surface area contributed by atoms with Crippen molar-refractivity contribution in [3.8, 4) is 0 Å². The number of carboxylic acid groups (broad SMARTS) is 1. The lowest BCUT2D eigenvalue weighted by Crippen LogP contribution is -2.46. The van der Waals surface area contributed by atoms with Gasteiger partial charge in [-0.1, -0.05) is 12.8 Å². The number of carbonyl (C=O) groups excluding carboxylic acids is 2. The van der Waals surface area contributed by atoms with Gasteiger partial charge in [-0.15, -0.1) is 0 Å². The minimum Gasteiger partial charge on any atom is -0.481 e. The zero-order chi connectivity index (χ0) is 15.2. The number of carbonyl (C=O) groups is 3. The summed E-state index contributed by atoms with van der Waals surface area (Å²) in [4.78, 5) is 36.2. The van der Waals surface area contributed by atoms with Crippen LogP contribution in [0.3, 0.4) is 0 Å². The Bertz CT molecular complexity index is 413. The summed E-state index contributed by atoms with van der Waals surface area (Å²) in [6.45, 7) is 1.57. The van der Waals surface area contributed by atoms with Gasteiger partial charge in [0.1, 0.15) is 6.54 Å². The molecule has 0 spiro atoms. The van der Waals surface area contributed by atoms with Gasteiger partial charge in [-0.25, -0.2) is 4.79 Å². The van der Waals surface area contributed by atoms with Crippen LogP contribution in [0.2, 0.25) is 0 Å². The highest BCUT2D eigenvalue weighted by atomic mass is 16.4. The highest BCUT2D eigenvalue weighted by molar-refractivity contribution is 5.84. The predicted molar refractivity (Wildman–Crippen MR) is 75.7 cm³/mol. The van der Waals surface area contributed by atoms with Crippen molar-refractivity contribution in [3.05, 3.63) is 0 Å². The maximum Gasteiger partial charge on any atom is 0.317 e. The molecule has 2 unspecified atom stereocenters. The Labute approximate surface area is 124 Å². The van der Waals surface area contributed by atoms with Gasteiger partial charge in [0, 0.05) is 19.6 Å². The molecule has 118 valence electrons. The number of hydrogen-bond acceptors (Lipinski definition) is 3. The maximum atomic E-state index is 12.1. The maximum absolute atomic E-state index is 12.1. The molecule has 2 rings (SSSR count). The lowest BCUT2D eigenvalue weighted by Gasteiger charge is -2.29. The third-order valence-electron chi connectivity index (χ3n) is 4.29. The van der Waals surface area contributed by atoms with E-state index in [1.165, 1.54) is 4.90 Å². The van der Waals surface area contributed by atoms with Crippen LogP contribution in [0.5, 0.6) is 0 Å². The molecule has 21 heavy (non-hydrogen) atoms. The van der Waals surface area contributed by atoms with Gasteiger partial charge in [0.15, 0.2) is 0 Å². The average molecular weight is 297 g/mol. The van der Waals surface area contributed by atoms with Gasteiger partial charge in [0.25, 0.3) is 0 Å². The van der Waals surface area contributed by atoms with Crippen LogP contribution in [-0.2, 0) is 9.59 Å². The fourth-order valence-corrected chi connectivity index (χ4v) is 3.09. The molecule has 0 bridgehead atoms. The Morgan fingerprint density at radius 1 is 1.29 bits per heavy atom. The van der Waals surface area contributed by atoms with Crippen LogP contribution < -0.4 is 10.6 Å². The minimum absolute atomic E-state index is 0.0130. The molecule has 3 N–H and O–H groups in total. The molecule has 7 nitrogen and oxygen atoms in total. The second-order valence-corrected chi connectivity index (χ2v) is 5.80. The second-order valence-electron chi connectivity index (χ2n) is 5.80. The van der Waals surface area contributed by atoms with E-state index in [0.29, 0.717) is 26.1 Å². The van der Waals surface area contributed by atoms with Crippen LogP contribution in [-0.4, -0.2) is 54.1 Å². The summed E-state index contributed by atoms with van der Waals surface area (Å²) in [5.41, 5.74) is 0. The normalized spacial score (nSPS) is 26.7. The first-order valence-corrected chi connectivity index (χ1v) is 7.60. The molecule has 0 aromatic carbocycles. The Kier molecular flexibility index (Phi) is 5.41. The number of hydrogen-bond donors (Lipinski definition) is 3. The second kappa shape index (κ2) is 7.28. The first kappa shape index (κ1) is 15.6. The molecular formula is C14H23N3O4. The molecule has 1 saturated heterocycles. The number of amides is 3. The molecule has 1 heterocycles. The van der Waals surface area contributed by atoms with Crippen molar-refractivity contribution >= 4 is 17.9 Å². The van der Waals surface area contributed by atoms with E-state index in [1.807, 2.05) is 0 Å². The molecule has 3 amide bonds. The summed E-state index contributed by atoms with van der Waals surface area (Å²) in [5.74, 6) is -1.31. The quantitative estimate of drug-likeness (QED) is 0.702. The van der Waals surface area contributed by atoms with Crippen LogP contribution in [0.4, 0.5) is 4.79 Å². The Morgan fingerprint density at radius 2 is 2.05 bits per heavy atom. The SMILES string of the molecule is O=C1CN(C(=O)NCC2CCCCC2C(=O)O)CCCN1. The van der Waals surface area contributed by atoms with E-state index in [0.717, 1.165) is 25.7 Å². The van der Waals surface area contributed by atoms with Gasteiger partial charge < -0.3 is 20.6 Å². The third-order valence-corrected chi connectivity index (χ3v) is 4.29. The molecule has 2 fully saturated rings. The summed E-state index contributed by atoms with van der Waals surface area (Å²) < 4.78 is 0. The fraction of sp³-hybridized carbons (Fsp3) is 0.786. The van der Waals surface area contributed by atoms with Crippen molar-refractivity contribution in [1.82, 2.24) is 15.5 Å². The number of nitrogens with zero attached hydrogens (tertiary/aromatic N) is 1. The van der Waals surface area contributed by atoms with Gasteiger partial charge in [-0.05, 0) is 25.2 Å². The number of aliphatic carboxylic acids is 1. The van der Waals surface area contributed by atoms with Crippen molar-refractivity contribution in [3.63, 3.8) is 0 Å². The van der Waals surface area contributed by atoms with Crippen molar-refractivity contribution in [2.24, 2.45) is 11.8 Å². The largest absolute Gasteiger partial charge is 0.481 e. The number of carboxylic acids is 1. The Hall–Kier alpha value is -1.79. The average Bonchev–Trinajstić information content (AvgIpc) is 2.69. The van der Waals surface area contributed by atoms with E-state index in [-0.39, 0.29) is 30.3 Å². The predicted octanol–water partition coefficient (Wildman–Crippen LogP) is 0.409. The van der Waals surface area contributed by atoms with E-state index in [4.69, 9.17) is 0 Å². The summed E-state index contributed by atoms with van der Waals surface area (Å²) in [5, 5.41) is 14.7. The van der Waals surface area contributed by atoms with Gasteiger partial charge in [0.05, 0.1) is 5.92 Å². The van der Waals surface area contributed by atoms with Crippen molar-refractivity contribution in [2.75, 3.05) is 26.2 Å². The summed E-state index contributed by atoms with van der Waals surface area (Å²) in [7, 11) is 0. The van der Waals surface area contributed by atoms with E-state index >= 15 is 0 Å². The lowest BCUT2D eigenvalue weighted by molar-refractivity contribution is -0.144. The topological polar surface area (TPSA) is 98.7 Å². The molecule has 0 radical (unpaired) electrons. The smallest absolute Gasteiger partial charge is 0.317 e. The number of nitrogens with one attached hydrogen (secondary N) is 2. The Morgan fingerprint density at radius 3 is 2.81 bits per heavy atom. The van der Waals surface area contributed by atoms with Crippen molar-refractivity contribution in [1.29, 1.82) is 0 Å². The lowest BCUT2D eigenvalue weighted by atomic mass is 9.79. The highest BCUT2D eigenvalue weighted by Gasteiger charge is 2.31. The number of rotatable bonds is 3. The van der Waals surface area contributed by atoms with Crippen LogP contribution >= 0.6 is 0 Å². The Balaban J connectivity index is 1.84. The van der Waals surface area contributed by atoms with Crippen LogP contribution in [0.25, 0.3) is 0 Å². The van der Waals surface area contributed by atoms with E-state index in [2.05, 4.69) is 10.6 Å². The standard InChI is InChI=1S/C14H23N3O4/c18-12-9-17(7-3-6-15-12)14(21)16-8-10-4-1-2-5-11(10)13(19)20/h10-11H,1-9H2,(H,15,18)(H,16,21)(H,19,20). The van der Waals surface area contributed by atoms with Gasteiger partial charge in [0.2, 0.25) is 5.91 Å². The molecular weight excluding hydrogens is 274 g/mol. The van der Waals surface area contributed by atoms with Crippen LogP contribution in [0.15, 0.2) is 0 Å². The van der Waals surface area contributed by atoms with Crippen LogP contribution in [0.1, 0.15) is 32.1 Å². The first-order valence-electron chi connectivity index (χ1n) is 7.60. The summed E-state index contributed by atoms with van der Waals surface area (Å²) in [6, 6.07) is -0.276. The van der Waals surface area contributed by atoms with Gasteiger partial charge >= 0.3 is 12.0 Å². The van der Waals surface area contributed by atoms with Gasteiger partial charge in [-0.3, -0.25) is 9.59 Å². The van der Waals surface area contributed by atoms with E-state index in [9.17, 15) is 19.5 Å². The third kappa shape index (κ3) is 4.34. The molecule has 1 aliphatic carbocycles. The van der Waals surface area contributed by atoms with Crippen molar-refractivity contribution in [2.45, 2.75) is 32.1 Å². The van der Waals surface area contributed by atoms with Crippen molar-refractivity contribution < 1.29 is 19.5 Å². The van der Waals surface area contributed by atoms with Gasteiger partial charge in [-0.2, -0.15) is 0 Å². The zero-order valence-corrected chi connectivity index (χ0v) is 12.1. The summed E-state index contributed by atoms with van der Waals surface area (Å²) in [6.07, 6.45) is 4.20. The molecule has 2 atom stereocenters.